The van der Waals surface area contributed by atoms with Crippen molar-refractivity contribution in [2.75, 3.05) is 11.9 Å². The van der Waals surface area contributed by atoms with Gasteiger partial charge in [0, 0.05) is 13.1 Å². The molecule has 1 aromatic carbocycles. The Hall–Kier alpha value is -2.01. The molecule has 1 aromatic heterocycles. The molecule has 2 N–H and O–H groups in total. The van der Waals surface area contributed by atoms with Crippen LogP contribution in [0.1, 0.15) is 23.4 Å². The van der Waals surface area contributed by atoms with E-state index < -0.39 is 28.6 Å². The number of aromatic nitrogens is 2. The lowest BCUT2D eigenvalue weighted by Gasteiger charge is -2.15. The topological polar surface area (TPSA) is 41.9 Å². The summed E-state index contributed by atoms with van der Waals surface area (Å²) < 4.78 is 78.3. The molecule has 0 fully saturated rings. The number of para-hydroxylation sites is 1. The van der Waals surface area contributed by atoms with E-state index in [1.165, 1.54) is 25.1 Å². The van der Waals surface area contributed by atoms with E-state index in [0.717, 1.165) is 10.7 Å². The summed E-state index contributed by atoms with van der Waals surface area (Å²) in [5, 5.41) is 8.14. The molecule has 0 saturated carbocycles. The predicted octanol–water partition coefficient (Wildman–Crippen LogP) is 5.26. The minimum absolute atomic E-state index is 0.0390. The average molecular weight is 445 g/mol. The van der Waals surface area contributed by atoms with Gasteiger partial charge in [0.15, 0.2) is 10.8 Å². The number of alkyl halides is 6. The number of hydrogen-bond acceptors (Lipinski definition) is 2. The summed E-state index contributed by atoms with van der Waals surface area (Å²) in [7, 11) is 0. The number of halogens is 7. The van der Waals surface area contributed by atoms with Crippen molar-refractivity contribution in [2.45, 2.75) is 32.2 Å². The van der Waals surface area contributed by atoms with Gasteiger partial charge in [0.2, 0.25) is 0 Å². The molecule has 0 aliphatic rings. The number of hydrogen-bond donors (Lipinski definition) is 2. The molecule has 0 radical (unpaired) electrons. The van der Waals surface area contributed by atoms with E-state index in [0.29, 0.717) is 6.42 Å². The van der Waals surface area contributed by atoms with Crippen LogP contribution in [0.5, 0.6) is 0 Å². The van der Waals surface area contributed by atoms with Crippen LogP contribution in [0.4, 0.5) is 32.0 Å². The summed E-state index contributed by atoms with van der Waals surface area (Å²) in [6.07, 6.45) is -8.87. The summed E-state index contributed by atoms with van der Waals surface area (Å²) in [5.74, 6) is 0. The van der Waals surface area contributed by atoms with Gasteiger partial charge < -0.3 is 10.6 Å². The molecule has 0 aliphatic carbocycles. The van der Waals surface area contributed by atoms with Gasteiger partial charge in [-0.25, -0.2) is 0 Å². The molecule has 0 aliphatic heterocycles. The van der Waals surface area contributed by atoms with E-state index in [2.05, 4.69) is 15.7 Å². The van der Waals surface area contributed by atoms with Crippen LogP contribution in [-0.4, -0.2) is 21.4 Å². The van der Waals surface area contributed by atoms with Crippen LogP contribution in [0.2, 0.25) is 5.02 Å². The van der Waals surface area contributed by atoms with Crippen molar-refractivity contribution < 1.29 is 26.3 Å². The van der Waals surface area contributed by atoms with Crippen LogP contribution in [0, 0.1) is 6.92 Å². The fraction of sp³-hybridized carbons (Fsp3) is 0.375. The molecule has 2 aromatic rings. The van der Waals surface area contributed by atoms with E-state index in [1.54, 1.807) is 0 Å². The van der Waals surface area contributed by atoms with Crippen molar-refractivity contribution >= 4 is 34.6 Å². The zero-order chi connectivity index (χ0) is 21.1. The summed E-state index contributed by atoms with van der Waals surface area (Å²) in [6.45, 7) is 1.74. The Morgan fingerprint density at radius 1 is 1.14 bits per heavy atom. The molecule has 0 unspecified atom stereocenters. The maximum Gasteiger partial charge on any atom is 0.436 e. The zero-order valence-corrected chi connectivity index (χ0v) is 16.0. The maximum atomic E-state index is 12.9. The minimum Gasteiger partial charge on any atom is -0.362 e. The quantitative estimate of drug-likeness (QED) is 0.375. The van der Waals surface area contributed by atoms with Crippen molar-refractivity contribution in [2.24, 2.45) is 0 Å². The van der Waals surface area contributed by atoms with Gasteiger partial charge in [-0.15, -0.1) is 0 Å². The van der Waals surface area contributed by atoms with Gasteiger partial charge >= 0.3 is 12.4 Å². The number of nitrogens with one attached hydrogen (secondary N) is 2. The van der Waals surface area contributed by atoms with Gasteiger partial charge in [0.05, 0.1) is 22.0 Å². The van der Waals surface area contributed by atoms with Crippen LogP contribution < -0.4 is 10.6 Å². The monoisotopic (exact) mass is 444 g/mol. The van der Waals surface area contributed by atoms with Crippen LogP contribution in [0.15, 0.2) is 24.3 Å². The minimum atomic E-state index is -4.65. The second kappa shape index (κ2) is 8.56. The SMILES string of the molecule is Cc1c(Cl)c(C(F)(F)F)nn1CCCNC(=S)Nc1ccccc1C(F)(F)F. The van der Waals surface area contributed by atoms with E-state index in [-0.39, 0.29) is 29.6 Å². The first-order chi connectivity index (χ1) is 12.9. The Labute approximate surface area is 166 Å². The van der Waals surface area contributed by atoms with Crippen LogP contribution in [0.25, 0.3) is 0 Å². The molecular weight excluding hydrogens is 430 g/mol. The first kappa shape index (κ1) is 22.3. The lowest BCUT2D eigenvalue weighted by atomic mass is 10.1. The fourth-order valence-corrected chi connectivity index (χ4v) is 2.81. The highest BCUT2D eigenvalue weighted by atomic mass is 35.5. The molecule has 28 heavy (non-hydrogen) atoms. The van der Waals surface area contributed by atoms with Crippen molar-refractivity contribution in [3.8, 4) is 0 Å². The lowest BCUT2D eigenvalue weighted by molar-refractivity contribution is -0.141. The van der Waals surface area contributed by atoms with Crippen molar-refractivity contribution in [3.05, 3.63) is 46.2 Å². The highest BCUT2D eigenvalue weighted by Gasteiger charge is 2.38. The van der Waals surface area contributed by atoms with E-state index >= 15 is 0 Å². The number of rotatable bonds is 5. The smallest absolute Gasteiger partial charge is 0.362 e. The molecule has 0 bridgehead atoms. The molecule has 12 heteroatoms. The Kier molecular flexibility index (Phi) is 6.81. The summed E-state index contributed by atoms with van der Waals surface area (Å²) >= 11 is 10.6. The number of aryl methyl sites for hydroxylation is 1. The van der Waals surface area contributed by atoms with Crippen LogP contribution in [-0.2, 0) is 18.9 Å². The third-order valence-corrected chi connectivity index (χ3v) is 4.41. The Balaban J connectivity index is 1.89. The van der Waals surface area contributed by atoms with Gasteiger partial charge in [-0.3, -0.25) is 4.68 Å². The number of anilines is 1. The molecule has 4 nitrogen and oxygen atoms in total. The highest BCUT2D eigenvalue weighted by Crippen LogP contribution is 2.35. The van der Waals surface area contributed by atoms with Crippen LogP contribution >= 0.6 is 23.8 Å². The summed E-state index contributed by atoms with van der Waals surface area (Å²) in [6, 6.07) is 4.86. The van der Waals surface area contributed by atoms with Gasteiger partial charge in [-0.1, -0.05) is 23.7 Å². The molecule has 1 heterocycles. The lowest BCUT2D eigenvalue weighted by Crippen LogP contribution is -2.30. The van der Waals surface area contributed by atoms with Gasteiger partial charge in [0.1, 0.15) is 0 Å². The molecule has 2 rings (SSSR count). The van der Waals surface area contributed by atoms with Gasteiger partial charge in [-0.05, 0) is 37.7 Å². The van der Waals surface area contributed by atoms with Crippen LogP contribution in [0.3, 0.4) is 0 Å². The average Bonchev–Trinajstić information content (AvgIpc) is 2.86. The number of benzene rings is 1. The fourth-order valence-electron chi connectivity index (χ4n) is 2.36. The Bertz CT molecular complexity index is 847. The number of thiocarbonyl (C=S) groups is 1. The van der Waals surface area contributed by atoms with Crippen molar-refractivity contribution in [1.29, 1.82) is 0 Å². The number of nitrogens with zero attached hydrogens (tertiary/aromatic N) is 2. The second-order valence-electron chi connectivity index (χ2n) is 5.75. The van der Waals surface area contributed by atoms with Gasteiger partial charge in [-0.2, -0.15) is 31.4 Å². The largest absolute Gasteiger partial charge is 0.436 e. The Morgan fingerprint density at radius 2 is 1.79 bits per heavy atom. The standard InChI is InChI=1S/C16H15ClF6N4S/c1-9-12(17)13(16(21,22)23)26-27(9)8-4-7-24-14(28)25-11-6-3-2-5-10(11)15(18,19)20/h2-3,5-6H,4,7-8H2,1H3,(H2,24,25,28). The predicted molar refractivity (Wildman–Crippen MR) is 97.3 cm³/mol. The Morgan fingerprint density at radius 3 is 2.36 bits per heavy atom. The molecular formula is C16H15ClF6N4S. The second-order valence-corrected chi connectivity index (χ2v) is 6.53. The summed E-state index contributed by atoms with van der Waals surface area (Å²) in [5.41, 5.74) is -2.04. The highest BCUT2D eigenvalue weighted by molar-refractivity contribution is 7.80. The van der Waals surface area contributed by atoms with Crippen molar-refractivity contribution in [1.82, 2.24) is 15.1 Å². The molecule has 0 saturated heterocycles. The van der Waals surface area contributed by atoms with E-state index in [4.69, 9.17) is 23.8 Å². The molecule has 154 valence electrons. The first-order valence-electron chi connectivity index (χ1n) is 7.92. The van der Waals surface area contributed by atoms with E-state index in [1.807, 2.05) is 0 Å². The maximum absolute atomic E-state index is 12.9. The molecule has 0 amide bonds. The molecule has 0 spiro atoms. The normalized spacial score (nSPS) is 12.1. The molecule has 0 atom stereocenters. The first-order valence-corrected chi connectivity index (χ1v) is 8.71. The zero-order valence-electron chi connectivity index (χ0n) is 14.4. The van der Waals surface area contributed by atoms with Crippen molar-refractivity contribution in [3.63, 3.8) is 0 Å². The summed E-state index contributed by atoms with van der Waals surface area (Å²) in [4.78, 5) is 0. The van der Waals surface area contributed by atoms with E-state index in [9.17, 15) is 26.3 Å². The van der Waals surface area contributed by atoms with Gasteiger partial charge in [0.25, 0.3) is 0 Å². The third kappa shape index (κ3) is 5.51. The third-order valence-electron chi connectivity index (χ3n) is 3.71.